The number of imide groups is 2. The molecule has 0 spiro atoms. The van der Waals surface area contributed by atoms with E-state index in [1.165, 1.54) is 11.9 Å². The van der Waals surface area contributed by atoms with E-state index in [1.54, 1.807) is 36.4 Å². The monoisotopic (exact) mass is 653 g/mol. The molecule has 2 aromatic carbocycles. The van der Waals surface area contributed by atoms with Crippen molar-refractivity contribution in [1.82, 2.24) is 4.90 Å². The van der Waals surface area contributed by atoms with Crippen LogP contribution in [0.4, 0.5) is 11.4 Å². The summed E-state index contributed by atoms with van der Waals surface area (Å²) in [6.07, 6.45) is 2.07. The van der Waals surface area contributed by atoms with Crippen LogP contribution in [0, 0.1) is 17.8 Å². The van der Waals surface area contributed by atoms with E-state index in [4.69, 9.17) is 32.7 Å². The highest BCUT2D eigenvalue weighted by Gasteiger charge is 2.76. The minimum absolute atomic E-state index is 0.00271. The van der Waals surface area contributed by atoms with Gasteiger partial charge in [-0.15, -0.1) is 23.2 Å². The molecule has 6 atom stereocenters. The van der Waals surface area contributed by atoms with Crippen LogP contribution >= 0.6 is 23.2 Å². The lowest BCUT2D eigenvalue weighted by atomic mass is 9.56. The second-order valence-electron chi connectivity index (χ2n) is 12.2. The zero-order valence-electron chi connectivity index (χ0n) is 24.7. The number of carbonyl (C=O) groups excluding carboxylic acids is 4. The maximum atomic E-state index is 14.3. The summed E-state index contributed by atoms with van der Waals surface area (Å²) < 4.78 is 11.3. The maximum absolute atomic E-state index is 14.3. The average Bonchev–Trinajstić information content (AvgIpc) is 3.39. The zero-order chi connectivity index (χ0) is 31.7. The number of aliphatic hydroxyl groups is 1. The molecule has 0 radical (unpaired) electrons. The lowest BCUT2D eigenvalue weighted by Gasteiger charge is -2.51. The number of alkyl halides is 2. The van der Waals surface area contributed by atoms with Gasteiger partial charge in [-0.1, -0.05) is 29.8 Å². The predicted octanol–water partition coefficient (Wildman–Crippen LogP) is 3.09. The zero-order valence-corrected chi connectivity index (χ0v) is 26.2. The van der Waals surface area contributed by atoms with Crippen molar-refractivity contribution in [1.29, 1.82) is 0 Å². The van der Waals surface area contributed by atoms with Gasteiger partial charge in [0, 0.05) is 37.3 Å². The molecule has 0 bridgehead atoms. The molecule has 4 amide bonds. The summed E-state index contributed by atoms with van der Waals surface area (Å²) in [6.45, 7) is 2.56. The number of likely N-dealkylation sites (tertiary alicyclic amines) is 1. The number of halogens is 2. The Labute approximate surface area is 270 Å². The van der Waals surface area contributed by atoms with Gasteiger partial charge in [0.25, 0.3) is 11.8 Å². The summed E-state index contributed by atoms with van der Waals surface area (Å²) in [5.41, 5.74) is 2.66. The van der Waals surface area contributed by atoms with E-state index in [0.717, 1.165) is 23.7 Å². The van der Waals surface area contributed by atoms with Crippen LogP contribution in [-0.2, 0) is 23.9 Å². The number of carbonyl (C=O) groups is 4. The highest BCUT2D eigenvalue weighted by molar-refractivity contribution is 6.53. The van der Waals surface area contributed by atoms with Gasteiger partial charge >= 0.3 is 0 Å². The van der Waals surface area contributed by atoms with Gasteiger partial charge in [-0.25, -0.2) is 0 Å². The molecule has 3 aliphatic heterocycles. The van der Waals surface area contributed by atoms with Crippen molar-refractivity contribution in [3.8, 4) is 5.75 Å². The number of nitrogens with zero attached hydrogens (tertiary/aromatic N) is 3. The third-order valence-corrected chi connectivity index (χ3v) is 11.5. The van der Waals surface area contributed by atoms with E-state index >= 15 is 0 Å². The molecule has 7 rings (SSSR count). The Morgan fingerprint density at radius 2 is 1.62 bits per heavy atom. The Balaban J connectivity index is 1.29. The van der Waals surface area contributed by atoms with Gasteiger partial charge < -0.3 is 19.5 Å². The molecule has 3 saturated heterocycles. The van der Waals surface area contributed by atoms with Crippen molar-refractivity contribution < 1.29 is 33.8 Å². The average molecular weight is 655 g/mol. The SMILES string of the molecule is CN1C(=O)C2(Cl)CC3C(=CCC4C(=O)N(c5ccc(N6CCOCC6)cc5)C(=O)C43)C(c3ccccc3OCCO)C2(Cl)C1=O. The number of amides is 4. The van der Waals surface area contributed by atoms with Gasteiger partial charge in [0.05, 0.1) is 37.3 Å². The first-order chi connectivity index (χ1) is 21.6. The summed E-state index contributed by atoms with van der Waals surface area (Å²) >= 11 is 14.5. The van der Waals surface area contributed by atoms with Gasteiger partial charge in [0.1, 0.15) is 12.4 Å². The molecule has 10 nitrogen and oxygen atoms in total. The summed E-state index contributed by atoms with van der Waals surface area (Å²) in [5, 5.41) is 9.46. The number of allylic oxidation sites excluding steroid dienone is 2. The molecule has 45 heavy (non-hydrogen) atoms. The first-order valence-corrected chi connectivity index (χ1v) is 15.9. The van der Waals surface area contributed by atoms with Crippen molar-refractivity contribution in [2.45, 2.75) is 28.5 Å². The van der Waals surface area contributed by atoms with E-state index < -0.39 is 45.2 Å². The molecule has 0 aromatic heterocycles. The Hall–Kier alpha value is -3.44. The molecule has 4 fully saturated rings. The lowest BCUT2D eigenvalue weighted by molar-refractivity contribution is -0.138. The Morgan fingerprint density at radius 1 is 0.933 bits per heavy atom. The van der Waals surface area contributed by atoms with Crippen LogP contribution in [0.15, 0.2) is 60.2 Å². The first kappa shape index (κ1) is 30.2. The number of fused-ring (bicyclic) bond motifs is 4. The fourth-order valence-corrected chi connectivity index (χ4v) is 9.00. The molecular formula is C33H33Cl2N3O7. The van der Waals surface area contributed by atoms with E-state index in [9.17, 15) is 24.3 Å². The quantitative estimate of drug-likeness (QED) is 0.287. The summed E-state index contributed by atoms with van der Waals surface area (Å²) in [7, 11) is 1.36. The molecule has 1 N–H and O–H groups in total. The van der Waals surface area contributed by atoms with Crippen LogP contribution in [-0.4, -0.2) is 89.9 Å². The number of rotatable bonds is 6. The summed E-state index contributed by atoms with van der Waals surface area (Å²) in [5.74, 6) is -4.59. The molecule has 3 heterocycles. The largest absolute Gasteiger partial charge is 0.491 e. The Morgan fingerprint density at radius 3 is 2.33 bits per heavy atom. The van der Waals surface area contributed by atoms with Crippen molar-refractivity contribution in [2.75, 3.05) is 56.4 Å². The topological polar surface area (TPSA) is 117 Å². The second kappa shape index (κ2) is 11.1. The fourth-order valence-electron chi connectivity index (χ4n) is 7.98. The molecule has 12 heteroatoms. The van der Waals surface area contributed by atoms with Crippen LogP contribution < -0.4 is 14.5 Å². The number of ether oxygens (including phenoxy) is 2. The number of benzene rings is 2. The molecule has 6 unspecified atom stereocenters. The molecule has 1 saturated carbocycles. The molecule has 2 aliphatic carbocycles. The highest BCUT2D eigenvalue weighted by Crippen LogP contribution is 2.66. The third-order valence-electron chi connectivity index (χ3n) is 10.1. The molecule has 2 aromatic rings. The van der Waals surface area contributed by atoms with E-state index in [-0.39, 0.29) is 37.9 Å². The van der Waals surface area contributed by atoms with Gasteiger partial charge in [0.2, 0.25) is 11.8 Å². The summed E-state index contributed by atoms with van der Waals surface area (Å²) in [4.78, 5) is 56.3. The van der Waals surface area contributed by atoms with Crippen molar-refractivity contribution in [3.05, 3.63) is 65.7 Å². The standard InChI is InChI=1S/C33H33Cl2N3O7/c1-36-30(42)32(34)18-24-21(27(33(32,35)31(36)43)22-4-2-3-5-25(22)45-17-14-39)10-11-23-26(24)29(41)38(28(23)40)20-8-6-19(7-9-20)37-12-15-44-16-13-37/h2-10,23-24,26-27,39H,11-18H2,1H3. The Kier molecular flexibility index (Phi) is 7.47. The van der Waals surface area contributed by atoms with Crippen molar-refractivity contribution in [3.63, 3.8) is 0 Å². The van der Waals surface area contributed by atoms with Gasteiger partial charge in [-0.3, -0.25) is 29.0 Å². The van der Waals surface area contributed by atoms with Crippen LogP contribution in [0.5, 0.6) is 5.75 Å². The van der Waals surface area contributed by atoms with E-state index in [2.05, 4.69) is 4.90 Å². The number of hydrogen-bond donors (Lipinski definition) is 1. The summed E-state index contributed by atoms with van der Waals surface area (Å²) in [6, 6.07) is 14.4. The number of para-hydroxylation sites is 1. The van der Waals surface area contributed by atoms with Crippen LogP contribution in [0.2, 0.25) is 0 Å². The fraction of sp³-hybridized carbons (Fsp3) is 0.455. The van der Waals surface area contributed by atoms with Gasteiger partial charge in [0.15, 0.2) is 9.75 Å². The minimum atomic E-state index is -1.91. The van der Waals surface area contributed by atoms with Crippen molar-refractivity contribution in [2.24, 2.45) is 17.8 Å². The third kappa shape index (κ3) is 4.29. The van der Waals surface area contributed by atoms with Crippen LogP contribution in [0.25, 0.3) is 0 Å². The number of anilines is 2. The number of aliphatic hydroxyl groups excluding tert-OH is 1. The van der Waals surface area contributed by atoms with Crippen LogP contribution in [0.3, 0.4) is 0 Å². The Bertz CT molecular complexity index is 1610. The van der Waals surface area contributed by atoms with Gasteiger partial charge in [-0.2, -0.15) is 0 Å². The lowest BCUT2D eigenvalue weighted by Crippen LogP contribution is -2.60. The molecular weight excluding hydrogens is 621 g/mol. The number of hydrogen-bond acceptors (Lipinski definition) is 8. The maximum Gasteiger partial charge on any atom is 0.253 e. The smallest absolute Gasteiger partial charge is 0.253 e. The van der Waals surface area contributed by atoms with Crippen molar-refractivity contribution >= 4 is 58.2 Å². The van der Waals surface area contributed by atoms with E-state index in [0.29, 0.717) is 35.8 Å². The predicted molar refractivity (Wildman–Crippen MR) is 166 cm³/mol. The first-order valence-electron chi connectivity index (χ1n) is 15.2. The molecule has 236 valence electrons. The second-order valence-corrected chi connectivity index (χ2v) is 13.5. The highest BCUT2D eigenvalue weighted by atomic mass is 35.5. The molecule has 5 aliphatic rings. The minimum Gasteiger partial charge on any atom is -0.491 e. The van der Waals surface area contributed by atoms with Crippen LogP contribution in [0.1, 0.15) is 24.3 Å². The van der Waals surface area contributed by atoms with Gasteiger partial charge in [-0.05, 0) is 49.1 Å². The van der Waals surface area contributed by atoms with E-state index in [1.807, 2.05) is 18.2 Å². The number of morpholine rings is 1. The normalized spacial score (nSPS) is 32.8.